The molecular formula is C13H11N3O2. The first-order valence-corrected chi connectivity index (χ1v) is 5.52. The van der Waals surface area contributed by atoms with Crippen LogP contribution in [0.3, 0.4) is 0 Å². The molecule has 0 aliphatic rings. The molecule has 0 saturated heterocycles. The third-order valence-electron chi connectivity index (χ3n) is 2.56. The third kappa shape index (κ3) is 1.86. The highest BCUT2D eigenvalue weighted by molar-refractivity contribution is 5.72. The maximum atomic E-state index is 9.68. The second-order valence-electron chi connectivity index (χ2n) is 4.00. The van der Waals surface area contributed by atoms with Gasteiger partial charge >= 0.3 is 0 Å². The van der Waals surface area contributed by atoms with Gasteiger partial charge in [0.1, 0.15) is 11.0 Å². The predicted octanol–water partition coefficient (Wildman–Crippen LogP) is 2.29. The van der Waals surface area contributed by atoms with Gasteiger partial charge in [-0.3, -0.25) is 0 Å². The molecule has 5 heteroatoms. The molecule has 18 heavy (non-hydrogen) atoms. The fourth-order valence-corrected chi connectivity index (χ4v) is 1.66. The SMILES string of the molecule is Cc1ccc(O)c(On2nc3ccccc3n2)c1. The molecule has 0 radical (unpaired) electrons. The lowest BCUT2D eigenvalue weighted by atomic mass is 10.2. The van der Waals surface area contributed by atoms with Crippen LogP contribution in [0.5, 0.6) is 11.5 Å². The van der Waals surface area contributed by atoms with Crippen molar-refractivity contribution in [3.63, 3.8) is 0 Å². The summed E-state index contributed by atoms with van der Waals surface area (Å²) in [7, 11) is 0. The van der Waals surface area contributed by atoms with Crippen molar-refractivity contribution < 1.29 is 9.94 Å². The van der Waals surface area contributed by atoms with Crippen molar-refractivity contribution >= 4 is 11.0 Å². The fraction of sp³-hybridized carbons (Fsp3) is 0.0769. The standard InChI is InChI=1S/C13H11N3O2/c1-9-6-7-12(17)13(8-9)18-16-14-10-4-2-3-5-11(10)15-16/h2-8,17H,1H3. The number of hydrogen-bond donors (Lipinski definition) is 1. The number of phenolic OH excluding ortho intramolecular Hbond substituents is 1. The summed E-state index contributed by atoms with van der Waals surface area (Å²) >= 11 is 0. The molecule has 3 rings (SSSR count). The maximum Gasteiger partial charge on any atom is 0.201 e. The van der Waals surface area contributed by atoms with E-state index in [1.165, 1.54) is 0 Å². The average molecular weight is 241 g/mol. The number of fused-ring (bicyclic) bond motifs is 1. The van der Waals surface area contributed by atoms with Crippen molar-refractivity contribution in [1.29, 1.82) is 0 Å². The molecule has 0 aliphatic carbocycles. The van der Waals surface area contributed by atoms with Gasteiger partial charge in [-0.1, -0.05) is 18.2 Å². The number of aromatic nitrogens is 3. The normalized spacial score (nSPS) is 10.7. The molecular weight excluding hydrogens is 230 g/mol. The number of rotatable bonds is 2. The van der Waals surface area contributed by atoms with E-state index in [9.17, 15) is 5.11 Å². The van der Waals surface area contributed by atoms with Crippen molar-refractivity contribution in [3.05, 3.63) is 48.0 Å². The van der Waals surface area contributed by atoms with Crippen molar-refractivity contribution in [2.75, 3.05) is 0 Å². The van der Waals surface area contributed by atoms with Crippen LogP contribution in [0, 0.1) is 6.92 Å². The molecule has 0 unspecified atom stereocenters. The first-order valence-electron chi connectivity index (χ1n) is 5.52. The van der Waals surface area contributed by atoms with Crippen LogP contribution >= 0.6 is 0 Å². The van der Waals surface area contributed by atoms with Gasteiger partial charge in [0.05, 0.1) is 0 Å². The lowest BCUT2D eigenvalue weighted by Crippen LogP contribution is -2.09. The Labute approximate surface area is 103 Å². The maximum absolute atomic E-state index is 9.68. The monoisotopic (exact) mass is 241 g/mol. The minimum absolute atomic E-state index is 0.0574. The molecule has 0 spiro atoms. The Balaban J connectivity index is 1.98. The fourth-order valence-electron chi connectivity index (χ4n) is 1.66. The molecule has 0 aliphatic heterocycles. The molecule has 0 atom stereocenters. The topological polar surface area (TPSA) is 60.2 Å². The van der Waals surface area contributed by atoms with Gasteiger partial charge in [0.15, 0.2) is 5.75 Å². The zero-order valence-electron chi connectivity index (χ0n) is 9.74. The highest BCUT2D eigenvalue weighted by Gasteiger charge is 2.07. The minimum Gasteiger partial charge on any atom is -0.504 e. The van der Waals surface area contributed by atoms with Crippen molar-refractivity contribution in [2.45, 2.75) is 6.92 Å². The van der Waals surface area contributed by atoms with Gasteiger partial charge in [-0.25, -0.2) is 0 Å². The lowest BCUT2D eigenvalue weighted by molar-refractivity contribution is 0.138. The highest BCUT2D eigenvalue weighted by Crippen LogP contribution is 2.26. The summed E-state index contributed by atoms with van der Waals surface area (Å²) < 4.78 is 0. The molecule has 90 valence electrons. The second kappa shape index (κ2) is 4.03. The van der Waals surface area contributed by atoms with E-state index in [-0.39, 0.29) is 5.75 Å². The van der Waals surface area contributed by atoms with Crippen LogP contribution in [0.2, 0.25) is 0 Å². The van der Waals surface area contributed by atoms with Crippen LogP contribution in [0.15, 0.2) is 42.5 Å². The second-order valence-corrected chi connectivity index (χ2v) is 4.00. The summed E-state index contributed by atoms with van der Waals surface area (Å²) in [5.74, 6) is 0.386. The van der Waals surface area contributed by atoms with Crippen LogP contribution < -0.4 is 4.84 Å². The van der Waals surface area contributed by atoms with Gasteiger partial charge in [-0.05, 0) is 36.8 Å². The minimum atomic E-state index is 0.0574. The van der Waals surface area contributed by atoms with Crippen LogP contribution in [-0.4, -0.2) is 20.3 Å². The molecule has 3 aromatic rings. The van der Waals surface area contributed by atoms with E-state index in [2.05, 4.69) is 10.2 Å². The molecule has 0 bridgehead atoms. The molecule has 5 nitrogen and oxygen atoms in total. The Kier molecular flexibility index (Phi) is 2.37. The Morgan fingerprint density at radius 1 is 1.06 bits per heavy atom. The van der Waals surface area contributed by atoms with E-state index in [4.69, 9.17) is 4.84 Å². The Morgan fingerprint density at radius 2 is 1.72 bits per heavy atom. The van der Waals surface area contributed by atoms with Crippen molar-refractivity contribution in [2.24, 2.45) is 0 Å². The van der Waals surface area contributed by atoms with Crippen molar-refractivity contribution in [3.8, 4) is 11.5 Å². The molecule has 1 heterocycles. The predicted molar refractivity (Wildman–Crippen MR) is 66.4 cm³/mol. The van der Waals surface area contributed by atoms with Crippen LogP contribution in [0.25, 0.3) is 11.0 Å². The number of hydrogen-bond acceptors (Lipinski definition) is 4. The summed E-state index contributed by atoms with van der Waals surface area (Å²) in [6.45, 7) is 1.92. The number of aromatic hydroxyl groups is 1. The largest absolute Gasteiger partial charge is 0.504 e. The Bertz CT molecular complexity index is 673. The van der Waals surface area contributed by atoms with Crippen molar-refractivity contribution in [1.82, 2.24) is 15.2 Å². The Hall–Kier alpha value is -2.56. The van der Waals surface area contributed by atoms with Crippen LogP contribution in [0.4, 0.5) is 0 Å². The average Bonchev–Trinajstić information content (AvgIpc) is 2.76. The molecule has 0 fully saturated rings. The van der Waals surface area contributed by atoms with Gasteiger partial charge in [0.2, 0.25) is 5.75 Å². The van der Waals surface area contributed by atoms with E-state index < -0.39 is 0 Å². The first kappa shape index (κ1) is 10.6. The van der Waals surface area contributed by atoms with E-state index >= 15 is 0 Å². The first-order chi connectivity index (χ1) is 8.72. The smallest absolute Gasteiger partial charge is 0.201 e. The molecule has 0 amide bonds. The highest BCUT2D eigenvalue weighted by atomic mass is 16.7. The van der Waals surface area contributed by atoms with Crippen LogP contribution in [0.1, 0.15) is 5.56 Å². The van der Waals surface area contributed by atoms with E-state index in [0.29, 0.717) is 5.75 Å². The summed E-state index contributed by atoms with van der Waals surface area (Å²) in [5.41, 5.74) is 2.47. The van der Waals surface area contributed by atoms with E-state index in [1.54, 1.807) is 18.2 Å². The molecule has 1 aromatic heterocycles. The van der Waals surface area contributed by atoms with Gasteiger partial charge in [-0.2, -0.15) is 0 Å². The molecule has 1 N–H and O–H groups in total. The number of nitrogens with zero attached hydrogens (tertiary/aromatic N) is 3. The number of phenols is 1. The zero-order valence-corrected chi connectivity index (χ0v) is 9.74. The summed E-state index contributed by atoms with van der Waals surface area (Å²) in [6, 6.07) is 12.6. The summed E-state index contributed by atoms with van der Waals surface area (Å²) in [5, 5.41) is 18.0. The number of aryl methyl sites for hydroxylation is 1. The van der Waals surface area contributed by atoms with E-state index in [0.717, 1.165) is 21.6 Å². The number of benzene rings is 2. The third-order valence-corrected chi connectivity index (χ3v) is 2.56. The van der Waals surface area contributed by atoms with Crippen LogP contribution in [-0.2, 0) is 0 Å². The van der Waals surface area contributed by atoms with Gasteiger partial charge in [0.25, 0.3) is 0 Å². The Morgan fingerprint density at radius 3 is 2.39 bits per heavy atom. The van der Waals surface area contributed by atoms with Gasteiger partial charge < -0.3 is 9.94 Å². The summed E-state index contributed by atoms with van der Waals surface area (Å²) in [4.78, 5) is 6.53. The van der Waals surface area contributed by atoms with E-state index in [1.807, 2.05) is 31.2 Å². The molecule has 2 aromatic carbocycles. The lowest BCUT2D eigenvalue weighted by Gasteiger charge is -2.05. The van der Waals surface area contributed by atoms with Gasteiger partial charge in [0, 0.05) is 4.96 Å². The molecule has 0 saturated carbocycles. The zero-order chi connectivity index (χ0) is 12.5. The van der Waals surface area contributed by atoms with Gasteiger partial charge in [-0.15, -0.1) is 10.2 Å². The summed E-state index contributed by atoms with van der Waals surface area (Å²) in [6.07, 6.45) is 0. The quantitative estimate of drug-likeness (QED) is 0.747.